The SMILES string of the molecule is CCCCC(CC)CN1C(=O)C2=C(c3ccc(-c4ccc(/C=C(\C#N)C(=O)O)s4)s3)N(CC(CC)CCCC)C(=O)C2=C1c1ccc(-c2ccc3c(c2)c2ccccc2n3CC)s1. The summed E-state index contributed by atoms with van der Waals surface area (Å²) in [6.45, 7) is 12.9. The standard InChI is InChI=1S/C52H54N4O4S3/c1-6-11-15-32(8-3)30-55-48(44-25-23-41(62-44)34-19-21-40-38(28-34)37-17-13-14-18-39(37)54(40)10-5)46-47(51(55)58)49(56(50(46)57)31-33(9-4)16-12-7-2)45-26-24-43(63-45)42-22-20-36(61-42)27-35(29-53)52(59)60/h13-14,17-28,32-33H,6-12,15-16,30-31H2,1-5H3,(H,59,60)/b35-27+. The Morgan fingerprint density at radius 2 is 1.22 bits per heavy atom. The van der Waals surface area contributed by atoms with Crippen molar-refractivity contribution in [2.45, 2.75) is 92.5 Å². The fourth-order valence-corrected chi connectivity index (χ4v) is 12.4. The molecule has 8 nitrogen and oxygen atoms in total. The normalized spacial score (nSPS) is 15.4. The summed E-state index contributed by atoms with van der Waals surface area (Å²) < 4.78 is 2.36. The third-order valence-electron chi connectivity index (χ3n) is 12.7. The van der Waals surface area contributed by atoms with Gasteiger partial charge in [0.05, 0.1) is 32.3 Å². The third-order valence-corrected chi connectivity index (χ3v) is 16.2. The first-order chi connectivity index (χ1) is 30.6. The molecule has 0 saturated heterocycles. The van der Waals surface area contributed by atoms with Crippen LogP contribution in [0.2, 0.25) is 0 Å². The molecule has 0 spiro atoms. The summed E-state index contributed by atoms with van der Waals surface area (Å²) in [7, 11) is 0. The van der Waals surface area contributed by atoms with Gasteiger partial charge < -0.3 is 19.5 Å². The predicted octanol–water partition coefficient (Wildman–Crippen LogP) is 13.6. The predicted molar refractivity (Wildman–Crippen MR) is 261 cm³/mol. The fraction of sp³-hybridized carbons (Fsp3) is 0.346. The lowest BCUT2D eigenvalue weighted by atomic mass is 9.98. The van der Waals surface area contributed by atoms with Crippen molar-refractivity contribution >= 4 is 91.1 Å². The van der Waals surface area contributed by atoms with E-state index in [-0.39, 0.29) is 29.2 Å². The van der Waals surface area contributed by atoms with E-state index in [2.05, 4.69) is 93.8 Å². The minimum Gasteiger partial charge on any atom is -0.477 e. The fourth-order valence-electron chi connectivity index (χ4n) is 9.22. The molecule has 11 heteroatoms. The maximum atomic E-state index is 15.3. The molecule has 2 aromatic carbocycles. The molecule has 0 aliphatic carbocycles. The zero-order chi connectivity index (χ0) is 44.4. The molecule has 1 N–H and O–H groups in total. The van der Waals surface area contributed by atoms with Crippen molar-refractivity contribution in [3.63, 3.8) is 0 Å². The Bertz CT molecular complexity index is 2860. The van der Waals surface area contributed by atoms with Gasteiger partial charge in [0.25, 0.3) is 11.8 Å². The number of hydrogen-bond donors (Lipinski definition) is 1. The number of amides is 2. The third kappa shape index (κ3) is 8.37. The van der Waals surface area contributed by atoms with E-state index in [9.17, 15) is 15.2 Å². The van der Waals surface area contributed by atoms with Crippen molar-refractivity contribution in [2.24, 2.45) is 11.8 Å². The van der Waals surface area contributed by atoms with E-state index in [1.54, 1.807) is 17.4 Å². The molecule has 2 aliphatic rings. The van der Waals surface area contributed by atoms with Gasteiger partial charge in [0.1, 0.15) is 11.6 Å². The van der Waals surface area contributed by atoms with Crippen LogP contribution in [0.3, 0.4) is 0 Å². The molecule has 2 unspecified atom stereocenters. The van der Waals surface area contributed by atoms with E-state index in [4.69, 9.17) is 0 Å². The second kappa shape index (κ2) is 19.1. The van der Waals surface area contributed by atoms with Crippen molar-refractivity contribution in [2.75, 3.05) is 13.1 Å². The molecule has 0 fully saturated rings. The number of aliphatic carboxylic acids is 1. The smallest absolute Gasteiger partial charge is 0.346 e. The Labute approximate surface area is 382 Å². The maximum absolute atomic E-state index is 15.3. The molecule has 6 heterocycles. The number of aryl methyl sites for hydroxylation is 1. The number of benzene rings is 2. The number of nitriles is 1. The van der Waals surface area contributed by atoms with Crippen LogP contribution in [0.15, 0.2) is 95.6 Å². The number of carbonyl (C=O) groups is 3. The van der Waals surface area contributed by atoms with Crippen LogP contribution in [-0.4, -0.2) is 50.3 Å². The summed E-state index contributed by atoms with van der Waals surface area (Å²) in [5.74, 6) is -0.924. The zero-order valence-corrected chi connectivity index (χ0v) is 39.2. The number of unbranched alkanes of at least 4 members (excludes halogenated alkanes) is 2. The Morgan fingerprint density at radius 1 is 0.683 bits per heavy atom. The van der Waals surface area contributed by atoms with Crippen LogP contribution < -0.4 is 0 Å². The zero-order valence-electron chi connectivity index (χ0n) is 36.7. The number of hydrogen-bond acceptors (Lipinski definition) is 7. The number of para-hydroxylation sites is 1. The van der Waals surface area contributed by atoms with Crippen LogP contribution >= 0.6 is 34.0 Å². The molecular formula is C52H54N4O4S3. The maximum Gasteiger partial charge on any atom is 0.346 e. The van der Waals surface area contributed by atoms with Gasteiger partial charge in [-0.1, -0.05) is 90.5 Å². The van der Waals surface area contributed by atoms with Gasteiger partial charge in [0.2, 0.25) is 0 Å². The molecule has 6 aromatic rings. The average molecular weight is 895 g/mol. The molecule has 2 amide bonds. The number of nitrogens with zero attached hydrogens (tertiary/aromatic N) is 4. The number of carboxylic acids is 1. The number of fused-ring (bicyclic) bond motifs is 4. The second-order valence-corrected chi connectivity index (χ2v) is 19.9. The van der Waals surface area contributed by atoms with E-state index < -0.39 is 5.97 Å². The largest absolute Gasteiger partial charge is 0.477 e. The molecule has 4 aromatic heterocycles. The quantitative estimate of drug-likeness (QED) is 0.0644. The number of aromatic nitrogens is 1. The minimum absolute atomic E-state index is 0.109. The minimum atomic E-state index is -1.26. The number of thiophene rings is 3. The summed E-state index contributed by atoms with van der Waals surface area (Å²) in [5, 5.41) is 21.2. The number of rotatable bonds is 19. The summed E-state index contributed by atoms with van der Waals surface area (Å²) in [4.78, 5) is 51.4. The van der Waals surface area contributed by atoms with Gasteiger partial charge in [0, 0.05) is 60.9 Å². The van der Waals surface area contributed by atoms with Gasteiger partial charge in [-0.15, -0.1) is 34.0 Å². The molecule has 0 radical (unpaired) electrons. The topological polar surface area (TPSA) is 107 Å². The highest BCUT2D eigenvalue weighted by Gasteiger charge is 2.50. The Morgan fingerprint density at radius 3 is 1.79 bits per heavy atom. The molecule has 324 valence electrons. The second-order valence-electron chi connectivity index (χ2n) is 16.6. The van der Waals surface area contributed by atoms with E-state index in [0.29, 0.717) is 34.8 Å². The Balaban J connectivity index is 1.27. The van der Waals surface area contributed by atoms with Crippen molar-refractivity contribution < 1.29 is 19.5 Å². The van der Waals surface area contributed by atoms with Gasteiger partial charge in [-0.2, -0.15) is 5.26 Å². The van der Waals surface area contributed by atoms with Crippen molar-refractivity contribution in [3.05, 3.63) is 110 Å². The lowest BCUT2D eigenvalue weighted by Crippen LogP contribution is -2.34. The van der Waals surface area contributed by atoms with Crippen molar-refractivity contribution in [3.8, 4) is 26.3 Å². The Hall–Kier alpha value is -5.54. The summed E-state index contributed by atoms with van der Waals surface area (Å²) in [5.41, 5.74) is 5.64. The summed E-state index contributed by atoms with van der Waals surface area (Å²) in [6.07, 6.45) is 9.55. The van der Waals surface area contributed by atoms with Crippen LogP contribution in [0.4, 0.5) is 0 Å². The lowest BCUT2D eigenvalue weighted by Gasteiger charge is -2.29. The van der Waals surface area contributed by atoms with Crippen LogP contribution in [0.25, 0.3) is 59.5 Å². The monoisotopic (exact) mass is 894 g/mol. The first-order valence-corrected chi connectivity index (χ1v) is 24.9. The van der Waals surface area contributed by atoms with E-state index in [1.165, 1.54) is 50.6 Å². The van der Waals surface area contributed by atoms with Crippen LogP contribution in [-0.2, 0) is 20.9 Å². The van der Waals surface area contributed by atoms with E-state index >= 15 is 9.59 Å². The highest BCUT2D eigenvalue weighted by Crippen LogP contribution is 2.51. The van der Waals surface area contributed by atoms with Crippen LogP contribution in [0.5, 0.6) is 0 Å². The number of carboxylic acid groups (broad SMARTS) is 1. The van der Waals surface area contributed by atoms with E-state index in [1.807, 2.05) is 34.1 Å². The van der Waals surface area contributed by atoms with Gasteiger partial charge in [-0.05, 0) is 97.8 Å². The highest BCUT2D eigenvalue weighted by molar-refractivity contribution is 7.23. The van der Waals surface area contributed by atoms with Gasteiger partial charge in [-0.3, -0.25) is 9.59 Å². The molecule has 8 rings (SSSR count). The summed E-state index contributed by atoms with van der Waals surface area (Å²) >= 11 is 4.59. The number of carbonyl (C=O) groups excluding carboxylic acids is 2. The van der Waals surface area contributed by atoms with Crippen LogP contribution in [0, 0.1) is 23.2 Å². The van der Waals surface area contributed by atoms with Gasteiger partial charge >= 0.3 is 5.97 Å². The lowest BCUT2D eigenvalue weighted by molar-refractivity contribution is -0.132. The van der Waals surface area contributed by atoms with E-state index in [0.717, 1.165) is 93.6 Å². The first kappa shape index (κ1) is 44.1. The average Bonchev–Trinajstić information content (AvgIpc) is 4.17. The van der Waals surface area contributed by atoms with Crippen molar-refractivity contribution in [1.82, 2.24) is 14.4 Å². The molecular weight excluding hydrogens is 841 g/mol. The molecule has 2 atom stereocenters. The molecule has 2 aliphatic heterocycles. The molecule has 63 heavy (non-hydrogen) atoms. The van der Waals surface area contributed by atoms with Crippen molar-refractivity contribution in [1.29, 1.82) is 5.26 Å². The molecule has 0 bridgehead atoms. The van der Waals surface area contributed by atoms with Gasteiger partial charge in [0.15, 0.2) is 0 Å². The van der Waals surface area contributed by atoms with Crippen LogP contribution in [0.1, 0.15) is 101 Å². The molecule has 0 saturated carbocycles. The highest BCUT2D eigenvalue weighted by atomic mass is 32.1. The summed E-state index contributed by atoms with van der Waals surface area (Å²) in [6, 6.07) is 29.1. The van der Waals surface area contributed by atoms with Gasteiger partial charge in [-0.25, -0.2) is 4.79 Å². The Kier molecular flexibility index (Phi) is 13.3. The first-order valence-electron chi connectivity index (χ1n) is 22.4.